The van der Waals surface area contributed by atoms with E-state index in [0.717, 1.165) is 17.3 Å². The lowest BCUT2D eigenvalue weighted by atomic mass is 10.0. The first kappa shape index (κ1) is 15.6. The minimum Gasteiger partial charge on any atom is -0.270 e. The van der Waals surface area contributed by atoms with Crippen molar-refractivity contribution in [1.82, 2.24) is 14.8 Å². The Kier molecular flexibility index (Phi) is 4.98. The van der Waals surface area contributed by atoms with Crippen molar-refractivity contribution in [3.05, 3.63) is 70.6 Å². The highest BCUT2D eigenvalue weighted by Crippen LogP contribution is 2.23. The third-order valence-electron chi connectivity index (χ3n) is 3.60. The van der Waals surface area contributed by atoms with E-state index in [1.807, 2.05) is 18.2 Å². The van der Waals surface area contributed by atoms with Crippen LogP contribution in [-0.2, 0) is 12.3 Å². The van der Waals surface area contributed by atoms with E-state index in [1.54, 1.807) is 16.3 Å². The van der Waals surface area contributed by atoms with Gasteiger partial charge in [0.1, 0.15) is 0 Å². The van der Waals surface area contributed by atoms with Crippen LogP contribution < -0.4 is 5.69 Å². The highest BCUT2D eigenvalue weighted by Gasteiger charge is 2.08. The molecule has 3 rings (SSSR count). The number of nitrogens with zero attached hydrogens (tertiary/aromatic N) is 2. The molecule has 1 heterocycles. The van der Waals surface area contributed by atoms with Crippen LogP contribution in [-0.4, -0.2) is 14.8 Å². The molecule has 0 saturated heterocycles. The van der Waals surface area contributed by atoms with Crippen LogP contribution in [0.15, 0.2) is 64.5 Å². The zero-order chi connectivity index (χ0) is 16.1. The number of hydrogen-bond donors (Lipinski definition) is 1. The maximum Gasteiger partial charge on any atom is 0.343 e. The number of hydrogen-bond acceptors (Lipinski definition) is 3. The standard InChI is InChI=1S/C18H19N3OS/c1-2-12-21-17(22)19-20-18(21)23-13-14-8-10-16(11-9-14)15-6-4-3-5-7-15/h3-11H,2,12-13H2,1H3,(H,19,22). The van der Waals surface area contributed by atoms with Gasteiger partial charge in [0.2, 0.25) is 0 Å². The fourth-order valence-corrected chi connectivity index (χ4v) is 3.33. The molecule has 0 unspecified atom stereocenters. The summed E-state index contributed by atoms with van der Waals surface area (Å²) >= 11 is 1.58. The van der Waals surface area contributed by atoms with Gasteiger partial charge in [0.15, 0.2) is 5.16 Å². The van der Waals surface area contributed by atoms with Gasteiger partial charge in [0.05, 0.1) is 0 Å². The molecule has 0 bridgehead atoms. The van der Waals surface area contributed by atoms with Crippen LogP contribution >= 0.6 is 11.8 Å². The van der Waals surface area contributed by atoms with Crippen molar-refractivity contribution >= 4 is 11.8 Å². The topological polar surface area (TPSA) is 50.7 Å². The highest BCUT2D eigenvalue weighted by molar-refractivity contribution is 7.98. The van der Waals surface area contributed by atoms with E-state index in [4.69, 9.17) is 0 Å². The Hall–Kier alpha value is -2.27. The highest BCUT2D eigenvalue weighted by atomic mass is 32.2. The molecule has 0 amide bonds. The first-order valence-electron chi connectivity index (χ1n) is 7.70. The summed E-state index contributed by atoms with van der Waals surface area (Å²) in [6.07, 6.45) is 0.915. The number of aromatic nitrogens is 3. The lowest BCUT2D eigenvalue weighted by Crippen LogP contribution is -2.17. The fourth-order valence-electron chi connectivity index (χ4n) is 2.41. The lowest BCUT2D eigenvalue weighted by Gasteiger charge is -2.05. The van der Waals surface area contributed by atoms with E-state index < -0.39 is 0 Å². The molecule has 3 aromatic rings. The van der Waals surface area contributed by atoms with Crippen molar-refractivity contribution in [2.24, 2.45) is 0 Å². The quantitative estimate of drug-likeness (QED) is 0.698. The monoisotopic (exact) mass is 325 g/mol. The Morgan fingerprint density at radius 1 is 1.04 bits per heavy atom. The van der Waals surface area contributed by atoms with E-state index in [2.05, 4.69) is 53.5 Å². The molecule has 0 radical (unpaired) electrons. The largest absolute Gasteiger partial charge is 0.343 e. The third kappa shape index (κ3) is 3.74. The molecule has 23 heavy (non-hydrogen) atoms. The van der Waals surface area contributed by atoms with Crippen LogP contribution in [0.3, 0.4) is 0 Å². The second kappa shape index (κ2) is 7.33. The fraction of sp³-hybridized carbons (Fsp3) is 0.222. The molecule has 0 spiro atoms. The molecular weight excluding hydrogens is 306 g/mol. The molecule has 0 aliphatic heterocycles. The van der Waals surface area contributed by atoms with Crippen LogP contribution in [0, 0.1) is 0 Å². The normalized spacial score (nSPS) is 10.8. The number of benzene rings is 2. The van der Waals surface area contributed by atoms with Crippen molar-refractivity contribution in [3.8, 4) is 11.1 Å². The molecule has 0 fully saturated rings. The smallest absolute Gasteiger partial charge is 0.270 e. The molecule has 4 nitrogen and oxygen atoms in total. The summed E-state index contributed by atoms with van der Waals surface area (Å²) in [5.74, 6) is 0.795. The van der Waals surface area contributed by atoms with Gasteiger partial charge in [-0.1, -0.05) is 73.3 Å². The second-order valence-electron chi connectivity index (χ2n) is 5.31. The van der Waals surface area contributed by atoms with Crippen LogP contribution in [0.4, 0.5) is 0 Å². The van der Waals surface area contributed by atoms with Gasteiger partial charge < -0.3 is 0 Å². The summed E-state index contributed by atoms with van der Waals surface area (Å²) in [5, 5.41) is 7.38. The average molecular weight is 325 g/mol. The van der Waals surface area contributed by atoms with Gasteiger partial charge >= 0.3 is 5.69 Å². The van der Waals surface area contributed by atoms with Crippen LogP contribution in [0.1, 0.15) is 18.9 Å². The Morgan fingerprint density at radius 2 is 1.74 bits per heavy atom. The van der Waals surface area contributed by atoms with Gasteiger partial charge in [0, 0.05) is 12.3 Å². The maximum absolute atomic E-state index is 11.7. The molecule has 0 aliphatic carbocycles. The van der Waals surface area contributed by atoms with Crippen molar-refractivity contribution < 1.29 is 0 Å². The maximum atomic E-state index is 11.7. The van der Waals surface area contributed by atoms with Crippen molar-refractivity contribution in [3.63, 3.8) is 0 Å². The zero-order valence-corrected chi connectivity index (χ0v) is 13.8. The van der Waals surface area contributed by atoms with Crippen molar-refractivity contribution in [1.29, 1.82) is 0 Å². The molecule has 5 heteroatoms. The van der Waals surface area contributed by atoms with E-state index >= 15 is 0 Å². The molecule has 0 atom stereocenters. The zero-order valence-electron chi connectivity index (χ0n) is 13.0. The minimum absolute atomic E-state index is 0.131. The Labute approximate surface area is 139 Å². The number of thioether (sulfide) groups is 1. The Balaban J connectivity index is 1.69. The predicted octanol–water partition coefficient (Wildman–Crippen LogP) is 3.94. The predicted molar refractivity (Wildman–Crippen MR) is 94.6 cm³/mol. The van der Waals surface area contributed by atoms with Gasteiger partial charge in [0.25, 0.3) is 0 Å². The molecule has 1 N–H and O–H groups in total. The van der Waals surface area contributed by atoms with Crippen molar-refractivity contribution in [2.45, 2.75) is 30.8 Å². The summed E-state index contributed by atoms with van der Waals surface area (Å²) in [4.78, 5) is 11.7. The minimum atomic E-state index is -0.131. The molecule has 1 aromatic heterocycles. The molecule has 0 aliphatic rings. The lowest BCUT2D eigenvalue weighted by molar-refractivity contribution is 0.604. The summed E-state index contributed by atoms with van der Waals surface area (Å²) in [7, 11) is 0. The average Bonchev–Trinajstić information content (AvgIpc) is 2.95. The second-order valence-corrected chi connectivity index (χ2v) is 6.26. The molecule has 2 aromatic carbocycles. The van der Waals surface area contributed by atoms with Crippen LogP contribution in [0.5, 0.6) is 0 Å². The Morgan fingerprint density at radius 3 is 2.43 bits per heavy atom. The summed E-state index contributed by atoms with van der Waals surface area (Å²) in [5.41, 5.74) is 3.51. The van der Waals surface area contributed by atoms with E-state index in [0.29, 0.717) is 6.54 Å². The number of H-pyrrole nitrogens is 1. The molecule has 118 valence electrons. The number of aromatic amines is 1. The van der Waals surface area contributed by atoms with Crippen molar-refractivity contribution in [2.75, 3.05) is 0 Å². The summed E-state index contributed by atoms with van der Waals surface area (Å²) < 4.78 is 1.70. The van der Waals surface area contributed by atoms with Gasteiger partial charge in [-0.15, -0.1) is 5.10 Å². The van der Waals surface area contributed by atoms with E-state index in [9.17, 15) is 4.79 Å². The van der Waals surface area contributed by atoms with Gasteiger partial charge in [-0.2, -0.15) is 0 Å². The molecular formula is C18H19N3OS. The first-order chi connectivity index (χ1) is 11.3. The Bertz CT molecular complexity index is 806. The van der Waals surface area contributed by atoms with E-state index in [1.165, 1.54) is 16.7 Å². The number of nitrogens with one attached hydrogen (secondary N) is 1. The molecule has 0 saturated carbocycles. The van der Waals surface area contributed by atoms with Gasteiger partial charge in [-0.25, -0.2) is 9.89 Å². The van der Waals surface area contributed by atoms with Gasteiger partial charge in [-0.3, -0.25) is 4.57 Å². The first-order valence-corrected chi connectivity index (χ1v) is 8.69. The summed E-state index contributed by atoms with van der Waals surface area (Å²) in [6.45, 7) is 2.75. The number of rotatable bonds is 6. The SMILES string of the molecule is CCCn1c(SCc2ccc(-c3ccccc3)cc2)n[nH]c1=O. The third-order valence-corrected chi connectivity index (χ3v) is 4.65. The van der Waals surface area contributed by atoms with E-state index in [-0.39, 0.29) is 5.69 Å². The summed E-state index contributed by atoms with van der Waals surface area (Å²) in [6, 6.07) is 18.9. The van der Waals surface area contributed by atoms with Crippen LogP contribution in [0.2, 0.25) is 0 Å². The van der Waals surface area contributed by atoms with Crippen LogP contribution in [0.25, 0.3) is 11.1 Å². The van der Waals surface area contributed by atoms with Gasteiger partial charge in [-0.05, 0) is 23.1 Å².